The lowest BCUT2D eigenvalue weighted by atomic mass is 9.96. The molecule has 7 nitrogen and oxygen atoms in total. The number of benzene rings is 2. The van der Waals surface area contributed by atoms with E-state index in [0.717, 1.165) is 22.9 Å². The summed E-state index contributed by atoms with van der Waals surface area (Å²) in [7, 11) is 0. The van der Waals surface area contributed by atoms with Crippen LogP contribution in [0.1, 0.15) is 21.7 Å². The monoisotopic (exact) mass is 376 g/mol. The van der Waals surface area contributed by atoms with Gasteiger partial charge in [-0.15, -0.1) is 0 Å². The minimum absolute atomic E-state index is 0.201. The maximum absolute atomic E-state index is 13.4. The van der Waals surface area contributed by atoms with E-state index in [9.17, 15) is 14.4 Å². The number of nitrogens with zero attached hydrogens (tertiary/aromatic N) is 1. The molecule has 1 aliphatic heterocycles. The Kier molecular flexibility index (Phi) is 4.27. The molecular weight excluding hydrogens is 360 g/mol. The SMILES string of the molecule is Cc1[nH]cnc1CC1(C(=O)c2ccc3ccccc3c2)OC(=O)C=CC(=O)O1. The van der Waals surface area contributed by atoms with Crippen molar-refractivity contribution in [2.75, 3.05) is 0 Å². The highest BCUT2D eigenvalue weighted by molar-refractivity contribution is 6.07. The van der Waals surface area contributed by atoms with Gasteiger partial charge in [0.2, 0.25) is 5.78 Å². The van der Waals surface area contributed by atoms with Crippen molar-refractivity contribution in [2.24, 2.45) is 0 Å². The molecule has 0 bridgehead atoms. The smallest absolute Gasteiger partial charge is 0.334 e. The van der Waals surface area contributed by atoms with Crippen LogP contribution in [-0.2, 0) is 25.5 Å². The van der Waals surface area contributed by atoms with Crippen LogP contribution >= 0.6 is 0 Å². The third-order valence-corrected chi connectivity index (χ3v) is 4.58. The van der Waals surface area contributed by atoms with Crippen molar-refractivity contribution in [1.82, 2.24) is 9.97 Å². The van der Waals surface area contributed by atoms with Crippen LogP contribution in [0.15, 0.2) is 60.9 Å². The van der Waals surface area contributed by atoms with Crippen molar-refractivity contribution in [2.45, 2.75) is 19.1 Å². The van der Waals surface area contributed by atoms with Crippen LogP contribution in [0.2, 0.25) is 0 Å². The Morgan fingerprint density at radius 2 is 1.71 bits per heavy atom. The number of carbonyl (C=O) groups excluding carboxylic acids is 3. The fourth-order valence-electron chi connectivity index (χ4n) is 3.13. The summed E-state index contributed by atoms with van der Waals surface area (Å²) < 4.78 is 10.7. The number of cyclic esters (lactones) is 2. The van der Waals surface area contributed by atoms with Crippen molar-refractivity contribution in [3.05, 3.63) is 77.9 Å². The molecule has 1 aromatic heterocycles. The van der Waals surface area contributed by atoms with E-state index in [1.807, 2.05) is 24.3 Å². The molecule has 0 amide bonds. The molecule has 140 valence electrons. The topological polar surface area (TPSA) is 98.4 Å². The standard InChI is InChI=1S/C21H16N2O5/c1-13-17(23-12-22-13)11-21(27-18(24)8-9-19(25)28-21)20(26)16-7-6-14-4-2-3-5-15(14)10-16/h2-10,12H,11H2,1H3,(H,22,23). The van der Waals surface area contributed by atoms with Crippen LogP contribution in [0.5, 0.6) is 0 Å². The van der Waals surface area contributed by atoms with Crippen LogP contribution in [0.3, 0.4) is 0 Å². The fourth-order valence-corrected chi connectivity index (χ4v) is 3.13. The Morgan fingerprint density at radius 3 is 2.36 bits per heavy atom. The van der Waals surface area contributed by atoms with Crippen LogP contribution in [0.25, 0.3) is 10.8 Å². The Hall–Kier alpha value is -3.74. The maximum Gasteiger partial charge on any atom is 0.334 e. The molecule has 3 aromatic rings. The third kappa shape index (κ3) is 3.18. The number of ketones is 1. The number of aromatic nitrogens is 2. The minimum Gasteiger partial charge on any atom is -0.411 e. The number of carbonyl (C=O) groups is 3. The van der Waals surface area contributed by atoms with E-state index in [1.54, 1.807) is 25.1 Å². The Morgan fingerprint density at radius 1 is 1.04 bits per heavy atom. The van der Waals surface area contributed by atoms with E-state index in [4.69, 9.17) is 9.47 Å². The lowest BCUT2D eigenvalue weighted by Crippen LogP contribution is -2.48. The number of imidazole rings is 1. The van der Waals surface area contributed by atoms with Crippen LogP contribution < -0.4 is 0 Å². The summed E-state index contributed by atoms with van der Waals surface area (Å²) in [6, 6.07) is 12.6. The number of Topliss-reactive ketones (excluding diaryl/α,β-unsaturated/α-hetero) is 1. The molecule has 1 N–H and O–H groups in total. The zero-order chi connectivity index (χ0) is 19.7. The summed E-state index contributed by atoms with van der Waals surface area (Å²) in [5.41, 5.74) is 1.39. The van der Waals surface area contributed by atoms with Crippen molar-refractivity contribution >= 4 is 28.5 Å². The Balaban J connectivity index is 1.81. The van der Waals surface area contributed by atoms with E-state index in [-0.39, 0.29) is 12.0 Å². The molecular formula is C21H16N2O5. The number of aromatic amines is 1. The Labute approximate surface area is 160 Å². The molecule has 0 saturated heterocycles. The minimum atomic E-state index is -2.14. The number of fused-ring (bicyclic) bond motifs is 1. The average molecular weight is 376 g/mol. The van der Waals surface area contributed by atoms with E-state index in [1.165, 1.54) is 6.33 Å². The number of aryl methyl sites for hydroxylation is 1. The summed E-state index contributed by atoms with van der Waals surface area (Å²) in [6.45, 7) is 1.76. The quantitative estimate of drug-likeness (QED) is 0.555. The van der Waals surface area contributed by atoms with E-state index in [2.05, 4.69) is 9.97 Å². The van der Waals surface area contributed by atoms with Crippen molar-refractivity contribution < 1.29 is 23.9 Å². The van der Waals surface area contributed by atoms with Crippen molar-refractivity contribution in [1.29, 1.82) is 0 Å². The van der Waals surface area contributed by atoms with E-state index >= 15 is 0 Å². The van der Waals surface area contributed by atoms with Gasteiger partial charge in [-0.05, 0) is 23.8 Å². The van der Waals surface area contributed by atoms with Gasteiger partial charge in [-0.25, -0.2) is 14.6 Å². The first-order valence-corrected chi connectivity index (χ1v) is 8.63. The van der Waals surface area contributed by atoms with Gasteiger partial charge in [0.1, 0.15) is 0 Å². The zero-order valence-corrected chi connectivity index (χ0v) is 15.0. The summed E-state index contributed by atoms with van der Waals surface area (Å²) in [6.07, 6.45) is 3.13. The van der Waals surface area contributed by atoms with Gasteiger partial charge in [-0.1, -0.05) is 36.4 Å². The number of H-pyrrole nitrogens is 1. The lowest BCUT2D eigenvalue weighted by molar-refractivity contribution is -0.201. The van der Waals surface area contributed by atoms with Gasteiger partial charge < -0.3 is 14.5 Å². The predicted octanol–water partition coefficient (Wildman–Crippen LogP) is 2.65. The molecule has 0 atom stereocenters. The molecule has 0 aliphatic carbocycles. The molecule has 0 spiro atoms. The summed E-state index contributed by atoms with van der Waals surface area (Å²) in [5, 5.41) is 1.79. The van der Waals surface area contributed by atoms with Gasteiger partial charge in [0.25, 0.3) is 0 Å². The van der Waals surface area contributed by atoms with Gasteiger partial charge in [0.05, 0.1) is 18.4 Å². The fraction of sp³-hybridized carbons (Fsp3) is 0.143. The highest BCUT2D eigenvalue weighted by atomic mass is 16.7. The maximum atomic E-state index is 13.4. The molecule has 0 fully saturated rings. The number of rotatable bonds is 4. The van der Waals surface area contributed by atoms with Crippen LogP contribution in [-0.4, -0.2) is 33.5 Å². The number of esters is 2. The number of nitrogens with one attached hydrogen (secondary N) is 1. The third-order valence-electron chi connectivity index (χ3n) is 4.58. The molecule has 4 rings (SSSR count). The predicted molar refractivity (Wildman–Crippen MR) is 99.4 cm³/mol. The van der Waals surface area contributed by atoms with E-state index in [0.29, 0.717) is 11.4 Å². The van der Waals surface area contributed by atoms with Crippen molar-refractivity contribution in [3.63, 3.8) is 0 Å². The second kappa shape index (κ2) is 6.77. The highest BCUT2D eigenvalue weighted by Gasteiger charge is 2.48. The van der Waals surface area contributed by atoms with E-state index < -0.39 is 23.5 Å². The zero-order valence-electron chi connectivity index (χ0n) is 15.0. The van der Waals surface area contributed by atoms with Gasteiger partial charge in [-0.2, -0.15) is 0 Å². The molecule has 7 heteroatoms. The molecule has 0 unspecified atom stereocenters. The largest absolute Gasteiger partial charge is 0.411 e. The van der Waals surface area contributed by atoms with Gasteiger partial charge in [-0.3, -0.25) is 4.79 Å². The van der Waals surface area contributed by atoms with Crippen LogP contribution in [0.4, 0.5) is 0 Å². The molecule has 0 radical (unpaired) electrons. The van der Waals surface area contributed by atoms with Crippen LogP contribution in [0, 0.1) is 6.92 Å². The van der Waals surface area contributed by atoms with Gasteiger partial charge >= 0.3 is 17.7 Å². The van der Waals surface area contributed by atoms with Gasteiger partial charge in [0, 0.05) is 23.4 Å². The van der Waals surface area contributed by atoms with Gasteiger partial charge in [0.15, 0.2) is 0 Å². The highest BCUT2D eigenvalue weighted by Crippen LogP contribution is 2.29. The second-order valence-electron chi connectivity index (χ2n) is 6.47. The Bertz CT molecular complexity index is 1110. The normalized spacial score (nSPS) is 15.8. The molecule has 2 aromatic carbocycles. The summed E-state index contributed by atoms with van der Waals surface area (Å²) in [5.74, 6) is -4.45. The molecule has 1 aliphatic rings. The number of hydrogen-bond donors (Lipinski definition) is 1. The first-order valence-electron chi connectivity index (χ1n) is 8.63. The number of ether oxygens (including phenoxy) is 2. The first-order chi connectivity index (χ1) is 13.5. The molecule has 28 heavy (non-hydrogen) atoms. The average Bonchev–Trinajstić information content (AvgIpc) is 3.02. The van der Waals surface area contributed by atoms with Crippen molar-refractivity contribution in [3.8, 4) is 0 Å². The molecule has 0 saturated carbocycles. The second-order valence-corrected chi connectivity index (χ2v) is 6.47. The molecule has 2 heterocycles. The lowest BCUT2D eigenvalue weighted by Gasteiger charge is -2.29. The summed E-state index contributed by atoms with van der Waals surface area (Å²) in [4.78, 5) is 44.6. The summed E-state index contributed by atoms with van der Waals surface area (Å²) >= 11 is 0. The number of hydrogen-bond acceptors (Lipinski definition) is 6. The first kappa shape index (κ1) is 17.7.